The molecule has 0 aliphatic rings. The zero-order valence-corrected chi connectivity index (χ0v) is 8.28. The molecule has 1 aromatic carbocycles. The molecule has 2 rings (SSSR count). The minimum Gasteiger partial charge on any atom is -0.314 e. The molecule has 74 valence electrons. The van der Waals surface area contributed by atoms with Crippen LogP contribution in [0.4, 0.5) is 13.2 Å². The lowest BCUT2D eigenvalue weighted by atomic mass is 10.2. The van der Waals surface area contributed by atoms with Crippen LogP contribution in [-0.4, -0.2) is 9.97 Å². The highest BCUT2D eigenvalue weighted by molar-refractivity contribution is 9.10. The molecular weight excluding hydrogens is 261 g/mol. The molecule has 0 spiro atoms. The van der Waals surface area contributed by atoms with Gasteiger partial charge in [-0.1, -0.05) is 15.9 Å². The molecule has 6 heteroatoms. The summed E-state index contributed by atoms with van der Waals surface area (Å²) < 4.78 is 37.7. The molecule has 0 saturated carbocycles. The quantitative estimate of drug-likeness (QED) is 0.841. The van der Waals surface area contributed by atoms with Crippen molar-refractivity contribution in [1.82, 2.24) is 9.97 Å². The van der Waals surface area contributed by atoms with Crippen LogP contribution in [0.3, 0.4) is 0 Å². The molecule has 1 aromatic heterocycles. The maximum atomic E-state index is 12.6. The van der Waals surface area contributed by atoms with Gasteiger partial charge in [0.2, 0.25) is 0 Å². The Bertz CT molecular complexity index is 481. The first-order valence-corrected chi connectivity index (χ1v) is 4.50. The van der Waals surface area contributed by atoms with E-state index in [1.807, 2.05) is 0 Å². The highest BCUT2D eigenvalue weighted by Crippen LogP contribution is 2.30. The zero-order valence-electron chi connectivity index (χ0n) is 6.69. The van der Waals surface area contributed by atoms with Gasteiger partial charge in [-0.3, -0.25) is 0 Å². The van der Waals surface area contributed by atoms with Gasteiger partial charge in [-0.2, -0.15) is 4.39 Å². The Hall–Kier alpha value is -1.04. The van der Waals surface area contributed by atoms with Crippen molar-refractivity contribution in [3.8, 4) is 0 Å². The Morgan fingerprint density at radius 3 is 2.71 bits per heavy atom. The summed E-state index contributed by atoms with van der Waals surface area (Å²) in [6.07, 6.45) is -3.38. The van der Waals surface area contributed by atoms with Gasteiger partial charge in [0.1, 0.15) is 0 Å². The molecule has 0 bridgehead atoms. The van der Waals surface area contributed by atoms with Crippen molar-refractivity contribution in [3.63, 3.8) is 0 Å². The average molecular weight is 265 g/mol. The Morgan fingerprint density at radius 1 is 1.36 bits per heavy atom. The van der Waals surface area contributed by atoms with E-state index in [1.54, 1.807) is 0 Å². The standard InChI is InChI=1S/C8H4BrF3N2/c9-4-2-6-5(13-8(12)14-6)1-3(4)7(10)11/h1-2,7H,(H,13,14). The van der Waals surface area contributed by atoms with E-state index >= 15 is 0 Å². The van der Waals surface area contributed by atoms with E-state index in [1.165, 1.54) is 12.1 Å². The Morgan fingerprint density at radius 2 is 2.07 bits per heavy atom. The number of H-pyrrole nitrogens is 1. The number of rotatable bonds is 1. The van der Waals surface area contributed by atoms with Gasteiger partial charge >= 0.3 is 0 Å². The monoisotopic (exact) mass is 264 g/mol. The van der Waals surface area contributed by atoms with Crippen LogP contribution in [-0.2, 0) is 0 Å². The van der Waals surface area contributed by atoms with Crippen LogP contribution in [0, 0.1) is 6.08 Å². The minimum absolute atomic E-state index is 0.179. The number of aromatic amines is 1. The summed E-state index contributed by atoms with van der Waals surface area (Å²) in [6.45, 7) is 0. The number of benzene rings is 1. The topological polar surface area (TPSA) is 28.7 Å². The number of hydrogen-bond donors (Lipinski definition) is 1. The summed E-state index contributed by atoms with van der Waals surface area (Å²) in [7, 11) is 0. The Labute approximate surface area is 85.3 Å². The number of hydrogen-bond acceptors (Lipinski definition) is 1. The number of aromatic nitrogens is 2. The van der Waals surface area contributed by atoms with E-state index in [9.17, 15) is 13.2 Å². The van der Waals surface area contributed by atoms with Crippen molar-refractivity contribution >= 4 is 27.0 Å². The van der Waals surface area contributed by atoms with Crippen molar-refractivity contribution in [3.05, 3.63) is 28.2 Å². The summed E-state index contributed by atoms with van der Waals surface area (Å²) in [6, 6.07) is 2.54. The van der Waals surface area contributed by atoms with Crippen LogP contribution < -0.4 is 0 Å². The van der Waals surface area contributed by atoms with Gasteiger partial charge in [-0.05, 0) is 12.1 Å². The lowest BCUT2D eigenvalue weighted by molar-refractivity contribution is 0.150. The molecule has 2 aromatic rings. The first kappa shape index (κ1) is 9.51. The number of alkyl halides is 2. The second-order valence-corrected chi connectivity index (χ2v) is 3.57. The molecule has 0 aliphatic carbocycles. The molecule has 14 heavy (non-hydrogen) atoms. The van der Waals surface area contributed by atoms with Crippen molar-refractivity contribution < 1.29 is 13.2 Å². The molecule has 0 amide bonds. The van der Waals surface area contributed by atoms with Gasteiger partial charge in [0.05, 0.1) is 11.0 Å². The Kier molecular flexibility index (Phi) is 2.22. The fraction of sp³-hybridized carbons (Fsp3) is 0.125. The fourth-order valence-corrected chi connectivity index (χ4v) is 1.69. The van der Waals surface area contributed by atoms with Crippen LogP contribution in [0.5, 0.6) is 0 Å². The second-order valence-electron chi connectivity index (χ2n) is 2.72. The van der Waals surface area contributed by atoms with E-state index in [4.69, 9.17) is 0 Å². The van der Waals surface area contributed by atoms with Gasteiger partial charge in [-0.15, -0.1) is 0 Å². The van der Waals surface area contributed by atoms with Crippen molar-refractivity contribution in [1.29, 1.82) is 0 Å². The first-order chi connectivity index (χ1) is 6.58. The summed E-state index contributed by atoms with van der Waals surface area (Å²) in [5.41, 5.74) is 0.404. The summed E-state index contributed by atoms with van der Waals surface area (Å²) in [5, 5.41) is 0. The van der Waals surface area contributed by atoms with Gasteiger partial charge in [-0.25, -0.2) is 13.8 Å². The molecule has 1 N–H and O–H groups in total. The third-order valence-electron chi connectivity index (χ3n) is 1.81. The van der Waals surface area contributed by atoms with Gasteiger partial charge in [0.15, 0.2) is 0 Å². The van der Waals surface area contributed by atoms with Crippen molar-refractivity contribution in [2.24, 2.45) is 0 Å². The van der Waals surface area contributed by atoms with E-state index in [-0.39, 0.29) is 15.6 Å². The van der Waals surface area contributed by atoms with Crippen LogP contribution in [0.2, 0.25) is 0 Å². The maximum Gasteiger partial charge on any atom is 0.287 e. The highest BCUT2D eigenvalue weighted by atomic mass is 79.9. The predicted octanol–water partition coefficient (Wildman–Crippen LogP) is 3.40. The molecule has 0 atom stereocenters. The lowest BCUT2D eigenvalue weighted by Gasteiger charge is -2.01. The third-order valence-corrected chi connectivity index (χ3v) is 2.49. The van der Waals surface area contributed by atoms with E-state index in [2.05, 4.69) is 25.9 Å². The lowest BCUT2D eigenvalue weighted by Crippen LogP contribution is -1.86. The molecule has 0 fully saturated rings. The summed E-state index contributed by atoms with van der Waals surface area (Å²) in [4.78, 5) is 5.73. The van der Waals surface area contributed by atoms with E-state index in [0.29, 0.717) is 5.52 Å². The minimum atomic E-state index is -2.60. The molecule has 0 aliphatic heterocycles. The van der Waals surface area contributed by atoms with Crippen LogP contribution in [0.25, 0.3) is 11.0 Å². The average Bonchev–Trinajstić information content (AvgIpc) is 2.42. The normalized spacial score (nSPS) is 11.5. The molecule has 2 nitrogen and oxygen atoms in total. The second kappa shape index (κ2) is 3.27. The predicted molar refractivity (Wildman–Crippen MR) is 48.7 cm³/mol. The van der Waals surface area contributed by atoms with Crippen LogP contribution >= 0.6 is 15.9 Å². The first-order valence-electron chi connectivity index (χ1n) is 3.70. The smallest absolute Gasteiger partial charge is 0.287 e. The molecule has 0 radical (unpaired) electrons. The molecule has 0 unspecified atom stereocenters. The number of nitrogens with zero attached hydrogens (tertiary/aromatic N) is 1. The van der Waals surface area contributed by atoms with Gasteiger partial charge in [0.25, 0.3) is 12.5 Å². The highest BCUT2D eigenvalue weighted by Gasteiger charge is 2.14. The summed E-state index contributed by atoms with van der Waals surface area (Å²) >= 11 is 2.97. The number of fused-ring (bicyclic) bond motifs is 1. The largest absolute Gasteiger partial charge is 0.314 e. The molecular formula is C8H4BrF3N2. The fourth-order valence-electron chi connectivity index (χ4n) is 1.18. The van der Waals surface area contributed by atoms with Crippen molar-refractivity contribution in [2.75, 3.05) is 0 Å². The van der Waals surface area contributed by atoms with Crippen LogP contribution in [0.15, 0.2) is 16.6 Å². The zero-order chi connectivity index (χ0) is 10.3. The number of halogens is 4. The third kappa shape index (κ3) is 1.50. The van der Waals surface area contributed by atoms with E-state index < -0.39 is 12.5 Å². The SMILES string of the molecule is Fc1nc2cc(Br)c(C(F)F)cc2[nH]1. The summed E-state index contributed by atoms with van der Waals surface area (Å²) in [5.74, 6) is 0. The van der Waals surface area contributed by atoms with Crippen molar-refractivity contribution in [2.45, 2.75) is 6.43 Å². The maximum absolute atomic E-state index is 12.6. The Balaban J connectivity index is 2.70. The van der Waals surface area contributed by atoms with E-state index in [0.717, 1.165) is 0 Å². The number of nitrogens with one attached hydrogen (secondary N) is 1. The number of imidazole rings is 1. The van der Waals surface area contributed by atoms with Gasteiger partial charge < -0.3 is 4.98 Å². The molecule has 1 heterocycles. The van der Waals surface area contributed by atoms with Crippen LogP contribution in [0.1, 0.15) is 12.0 Å². The van der Waals surface area contributed by atoms with Gasteiger partial charge in [0, 0.05) is 10.0 Å². The molecule has 0 saturated heterocycles.